The molecule has 0 radical (unpaired) electrons. The van der Waals surface area contributed by atoms with E-state index in [-0.39, 0.29) is 11.7 Å². The van der Waals surface area contributed by atoms with Crippen molar-refractivity contribution in [2.45, 2.75) is 35.6 Å². The minimum atomic E-state index is -0.310. The molecule has 0 aromatic heterocycles. The Morgan fingerprint density at radius 3 is 2.86 bits per heavy atom. The second kappa shape index (κ2) is 9.59. The molecule has 0 spiro atoms. The normalized spacial score (nSPS) is 16.6. The molecule has 1 heterocycles. The molecular formula is C20H22FN5OS. The highest BCUT2D eigenvalue weighted by Gasteiger charge is 2.23. The van der Waals surface area contributed by atoms with Crippen LogP contribution in [0, 0.1) is 5.82 Å². The summed E-state index contributed by atoms with van der Waals surface area (Å²) in [6.07, 6.45) is 2.25. The van der Waals surface area contributed by atoms with Crippen molar-refractivity contribution < 1.29 is 9.18 Å². The van der Waals surface area contributed by atoms with Gasteiger partial charge in [-0.05, 0) is 73.9 Å². The minimum absolute atomic E-state index is 0.185. The molecule has 1 amide bonds. The highest BCUT2D eigenvalue weighted by atomic mass is 32.2. The second-order valence-corrected chi connectivity index (χ2v) is 7.68. The number of rotatable bonds is 7. The van der Waals surface area contributed by atoms with Crippen LogP contribution in [0.15, 0.2) is 57.4 Å². The maximum atomic E-state index is 13.1. The summed E-state index contributed by atoms with van der Waals surface area (Å²) in [4.78, 5) is 19.3. The first-order valence-electron chi connectivity index (χ1n) is 9.25. The van der Waals surface area contributed by atoms with Crippen LogP contribution < -0.4 is 5.32 Å². The molecule has 2 aromatic carbocycles. The predicted octanol–water partition coefficient (Wildman–Crippen LogP) is 5.13. The van der Waals surface area contributed by atoms with Crippen LogP contribution in [0.1, 0.15) is 30.1 Å². The van der Waals surface area contributed by atoms with Gasteiger partial charge in [0.2, 0.25) is 0 Å². The first-order chi connectivity index (χ1) is 13.6. The molecule has 2 aromatic rings. The van der Waals surface area contributed by atoms with Gasteiger partial charge in [-0.15, -0.1) is 0 Å². The van der Waals surface area contributed by atoms with Crippen LogP contribution >= 0.6 is 11.8 Å². The van der Waals surface area contributed by atoms with Gasteiger partial charge in [0.15, 0.2) is 0 Å². The molecule has 1 unspecified atom stereocenters. The Morgan fingerprint density at radius 2 is 2.14 bits per heavy atom. The van der Waals surface area contributed by atoms with Gasteiger partial charge in [-0.3, -0.25) is 9.69 Å². The predicted molar refractivity (Wildman–Crippen MR) is 108 cm³/mol. The van der Waals surface area contributed by atoms with E-state index in [1.165, 1.54) is 23.9 Å². The van der Waals surface area contributed by atoms with Crippen molar-refractivity contribution in [2.24, 2.45) is 5.11 Å². The smallest absolute Gasteiger partial charge is 0.251 e. The number of azide groups is 1. The van der Waals surface area contributed by atoms with Gasteiger partial charge in [0, 0.05) is 32.9 Å². The van der Waals surface area contributed by atoms with E-state index in [0.717, 1.165) is 30.8 Å². The van der Waals surface area contributed by atoms with Gasteiger partial charge >= 0.3 is 0 Å². The lowest BCUT2D eigenvalue weighted by molar-refractivity contribution is 0.0941. The van der Waals surface area contributed by atoms with Gasteiger partial charge in [-0.2, -0.15) is 0 Å². The molecule has 28 heavy (non-hydrogen) atoms. The Morgan fingerprint density at radius 1 is 1.36 bits per heavy atom. The number of nitrogens with zero attached hydrogens (tertiary/aromatic N) is 4. The molecule has 1 atom stereocenters. The fourth-order valence-corrected chi connectivity index (χ4v) is 4.22. The Balaban J connectivity index is 1.71. The number of likely N-dealkylation sites (N-methyl/N-ethyl adjacent to an activating group) is 1. The fraction of sp³-hybridized carbons (Fsp3) is 0.350. The van der Waals surface area contributed by atoms with Crippen LogP contribution in [-0.2, 0) is 0 Å². The quantitative estimate of drug-likeness (QED) is 0.398. The summed E-state index contributed by atoms with van der Waals surface area (Å²) in [5, 5.41) is 6.71. The van der Waals surface area contributed by atoms with Crippen molar-refractivity contribution in [1.29, 1.82) is 0 Å². The summed E-state index contributed by atoms with van der Waals surface area (Å²) in [7, 11) is 0. The Kier molecular flexibility index (Phi) is 6.92. The molecule has 146 valence electrons. The molecule has 0 aliphatic carbocycles. The maximum absolute atomic E-state index is 13.1. The molecule has 1 saturated heterocycles. The third-order valence-electron chi connectivity index (χ3n) is 4.82. The van der Waals surface area contributed by atoms with Crippen molar-refractivity contribution >= 4 is 23.4 Å². The number of benzene rings is 2. The zero-order chi connectivity index (χ0) is 19.9. The van der Waals surface area contributed by atoms with E-state index in [9.17, 15) is 9.18 Å². The molecule has 1 aliphatic heterocycles. The molecule has 3 rings (SSSR count). The fourth-order valence-electron chi connectivity index (χ4n) is 3.36. The minimum Gasteiger partial charge on any atom is -0.350 e. The topological polar surface area (TPSA) is 81.1 Å². The average Bonchev–Trinajstić information content (AvgIpc) is 3.17. The number of nitrogens with one attached hydrogen (secondary N) is 1. The summed E-state index contributed by atoms with van der Waals surface area (Å²) >= 11 is 1.35. The first kappa shape index (κ1) is 20.2. The number of amides is 1. The standard InChI is InChI=1S/C20H22FN5OS/c1-2-26-11-3-4-16(26)13-23-20(27)14-5-10-19(18(12-14)24-25-22)28-17-8-6-15(21)7-9-17/h5-10,12,16H,2-4,11,13H2,1H3,(H,23,27). The lowest BCUT2D eigenvalue weighted by Crippen LogP contribution is -2.40. The molecule has 1 aliphatic rings. The van der Waals surface area contributed by atoms with Crippen LogP contribution in [0.5, 0.6) is 0 Å². The van der Waals surface area contributed by atoms with Crippen LogP contribution in [-0.4, -0.2) is 36.5 Å². The molecule has 1 N–H and O–H groups in total. The van der Waals surface area contributed by atoms with E-state index in [1.807, 2.05) is 0 Å². The Labute approximate surface area is 167 Å². The van der Waals surface area contributed by atoms with Gasteiger partial charge < -0.3 is 5.32 Å². The van der Waals surface area contributed by atoms with Gasteiger partial charge in [-0.1, -0.05) is 23.8 Å². The van der Waals surface area contributed by atoms with Crippen LogP contribution in [0.2, 0.25) is 0 Å². The summed E-state index contributed by atoms with van der Waals surface area (Å²) < 4.78 is 13.1. The summed E-state index contributed by atoms with van der Waals surface area (Å²) in [5.41, 5.74) is 9.70. The lowest BCUT2D eigenvalue weighted by Gasteiger charge is -2.22. The van der Waals surface area contributed by atoms with E-state index < -0.39 is 0 Å². The van der Waals surface area contributed by atoms with Crippen LogP contribution in [0.4, 0.5) is 10.1 Å². The summed E-state index contributed by atoms with van der Waals surface area (Å²) in [6, 6.07) is 11.5. The van der Waals surface area contributed by atoms with Crippen molar-refractivity contribution in [3.8, 4) is 0 Å². The number of carbonyl (C=O) groups excluding carboxylic acids is 1. The molecule has 8 heteroatoms. The van der Waals surface area contributed by atoms with E-state index in [2.05, 4.69) is 27.2 Å². The highest BCUT2D eigenvalue weighted by molar-refractivity contribution is 7.99. The number of likely N-dealkylation sites (tertiary alicyclic amines) is 1. The molecule has 1 fully saturated rings. The third kappa shape index (κ3) is 5.04. The number of hydrogen-bond acceptors (Lipinski definition) is 4. The SMILES string of the molecule is CCN1CCCC1CNC(=O)c1ccc(Sc2ccc(F)cc2)c(N=[N+]=[N-])c1. The zero-order valence-electron chi connectivity index (χ0n) is 15.6. The molecular weight excluding hydrogens is 377 g/mol. The summed E-state index contributed by atoms with van der Waals surface area (Å²) in [6.45, 7) is 4.80. The van der Waals surface area contributed by atoms with Crippen molar-refractivity contribution in [2.75, 3.05) is 19.6 Å². The van der Waals surface area contributed by atoms with Gasteiger partial charge in [0.25, 0.3) is 5.91 Å². The molecule has 6 nitrogen and oxygen atoms in total. The van der Waals surface area contributed by atoms with Crippen molar-refractivity contribution in [3.05, 3.63) is 64.3 Å². The van der Waals surface area contributed by atoms with E-state index in [4.69, 9.17) is 5.53 Å². The van der Waals surface area contributed by atoms with Gasteiger partial charge in [0.05, 0.1) is 5.69 Å². The first-order valence-corrected chi connectivity index (χ1v) is 10.1. The van der Waals surface area contributed by atoms with E-state index in [0.29, 0.717) is 28.7 Å². The monoisotopic (exact) mass is 399 g/mol. The molecule has 0 saturated carbocycles. The maximum Gasteiger partial charge on any atom is 0.251 e. The van der Waals surface area contributed by atoms with E-state index in [1.54, 1.807) is 30.3 Å². The van der Waals surface area contributed by atoms with Crippen molar-refractivity contribution in [1.82, 2.24) is 10.2 Å². The number of hydrogen-bond donors (Lipinski definition) is 1. The lowest BCUT2D eigenvalue weighted by atomic mass is 10.1. The Bertz CT molecular complexity index is 883. The van der Waals surface area contributed by atoms with Crippen molar-refractivity contribution in [3.63, 3.8) is 0 Å². The van der Waals surface area contributed by atoms with Crippen LogP contribution in [0.3, 0.4) is 0 Å². The largest absolute Gasteiger partial charge is 0.350 e. The van der Waals surface area contributed by atoms with Crippen LogP contribution in [0.25, 0.3) is 10.4 Å². The average molecular weight is 399 g/mol. The zero-order valence-corrected chi connectivity index (χ0v) is 16.5. The molecule has 0 bridgehead atoms. The van der Waals surface area contributed by atoms with Gasteiger partial charge in [-0.25, -0.2) is 4.39 Å². The second-order valence-electron chi connectivity index (χ2n) is 6.56. The highest BCUT2D eigenvalue weighted by Crippen LogP contribution is 2.36. The number of carbonyl (C=O) groups is 1. The van der Waals surface area contributed by atoms with E-state index >= 15 is 0 Å². The third-order valence-corrected chi connectivity index (χ3v) is 5.89. The summed E-state index contributed by atoms with van der Waals surface area (Å²) in [5.74, 6) is -0.494. The Hall–Kier alpha value is -2.54. The van der Waals surface area contributed by atoms with Gasteiger partial charge in [0.1, 0.15) is 5.82 Å². The number of halogens is 1.